The number of hydrogen-bond acceptors (Lipinski definition) is 3. The summed E-state index contributed by atoms with van der Waals surface area (Å²) in [7, 11) is 1.79. The molecule has 0 radical (unpaired) electrons. The van der Waals surface area contributed by atoms with Crippen molar-refractivity contribution in [2.75, 3.05) is 13.6 Å². The number of nitrogens with one attached hydrogen (secondary N) is 1. The molecule has 3 rings (SSSR count). The minimum absolute atomic E-state index is 0.0485. The third-order valence-corrected chi connectivity index (χ3v) is 4.15. The predicted molar refractivity (Wildman–Crippen MR) is 92.0 cm³/mol. The molecule has 1 aromatic carbocycles. The first-order chi connectivity index (χ1) is 11.6. The Morgan fingerprint density at radius 3 is 2.92 bits per heavy atom. The maximum atomic E-state index is 12.5. The zero-order chi connectivity index (χ0) is 17.1. The van der Waals surface area contributed by atoms with Gasteiger partial charge in [0.05, 0.1) is 17.4 Å². The number of carbonyl (C=O) groups is 1. The first-order valence-electron chi connectivity index (χ1n) is 8.04. The van der Waals surface area contributed by atoms with E-state index < -0.39 is 0 Å². The molecular weight excluding hydrogens is 306 g/mol. The first-order valence-corrected chi connectivity index (χ1v) is 8.04. The molecule has 7 nitrogen and oxygen atoms in total. The van der Waals surface area contributed by atoms with Gasteiger partial charge in [-0.05, 0) is 31.5 Å². The number of aryl methyl sites for hydroxylation is 2. The second-order valence-electron chi connectivity index (χ2n) is 5.79. The lowest BCUT2D eigenvalue weighted by atomic mass is 10.1. The fourth-order valence-corrected chi connectivity index (χ4v) is 2.84. The van der Waals surface area contributed by atoms with Crippen molar-refractivity contribution in [3.05, 3.63) is 53.0 Å². The van der Waals surface area contributed by atoms with Gasteiger partial charge in [-0.25, -0.2) is 9.78 Å². The number of fused-ring (bicyclic) bond motifs is 1. The van der Waals surface area contributed by atoms with Crippen molar-refractivity contribution in [1.29, 1.82) is 0 Å². The van der Waals surface area contributed by atoms with Crippen molar-refractivity contribution in [3.8, 4) is 0 Å². The number of imidazole rings is 2. The molecule has 0 spiro atoms. The number of benzene rings is 1. The lowest BCUT2D eigenvalue weighted by Gasteiger charge is -2.17. The summed E-state index contributed by atoms with van der Waals surface area (Å²) in [5.41, 5.74) is 1.95. The molecule has 0 aliphatic carbocycles. The van der Waals surface area contributed by atoms with E-state index >= 15 is 0 Å². The second kappa shape index (κ2) is 6.74. The van der Waals surface area contributed by atoms with E-state index in [1.807, 2.05) is 23.8 Å². The molecular formula is C17H21N5O2. The Labute approximate surface area is 139 Å². The van der Waals surface area contributed by atoms with Crippen LogP contribution in [0.2, 0.25) is 0 Å². The van der Waals surface area contributed by atoms with E-state index in [0.717, 1.165) is 18.5 Å². The number of aromatic amines is 1. The Morgan fingerprint density at radius 1 is 1.38 bits per heavy atom. The van der Waals surface area contributed by atoms with Crippen LogP contribution in [0.4, 0.5) is 0 Å². The number of carbonyl (C=O) groups excluding carboxylic acids is 1. The summed E-state index contributed by atoms with van der Waals surface area (Å²) in [6, 6.07) is 5.34. The van der Waals surface area contributed by atoms with Crippen LogP contribution in [0.3, 0.4) is 0 Å². The fraction of sp³-hybridized carbons (Fsp3) is 0.353. The number of H-pyrrole nitrogens is 1. The van der Waals surface area contributed by atoms with Gasteiger partial charge in [-0.3, -0.25) is 9.36 Å². The Morgan fingerprint density at radius 2 is 2.21 bits per heavy atom. The molecule has 0 fully saturated rings. The van der Waals surface area contributed by atoms with Gasteiger partial charge in [-0.2, -0.15) is 0 Å². The normalized spacial score (nSPS) is 11.1. The van der Waals surface area contributed by atoms with Gasteiger partial charge in [0, 0.05) is 44.6 Å². The molecule has 0 saturated carbocycles. The molecule has 126 valence electrons. The summed E-state index contributed by atoms with van der Waals surface area (Å²) in [5, 5.41) is 0. The maximum absolute atomic E-state index is 12.5. The van der Waals surface area contributed by atoms with E-state index in [1.165, 1.54) is 0 Å². The highest BCUT2D eigenvalue weighted by molar-refractivity contribution is 5.97. The van der Waals surface area contributed by atoms with Gasteiger partial charge in [0.2, 0.25) is 0 Å². The minimum Gasteiger partial charge on any atom is -0.342 e. The highest BCUT2D eigenvalue weighted by Crippen LogP contribution is 2.14. The van der Waals surface area contributed by atoms with Crippen LogP contribution in [0.1, 0.15) is 23.7 Å². The van der Waals surface area contributed by atoms with E-state index in [1.54, 1.807) is 41.2 Å². The van der Waals surface area contributed by atoms with E-state index in [2.05, 4.69) is 9.97 Å². The van der Waals surface area contributed by atoms with Crippen LogP contribution in [-0.2, 0) is 13.1 Å². The largest absolute Gasteiger partial charge is 0.342 e. The first kappa shape index (κ1) is 16.0. The summed E-state index contributed by atoms with van der Waals surface area (Å²) in [4.78, 5) is 32.9. The van der Waals surface area contributed by atoms with Crippen LogP contribution < -0.4 is 5.69 Å². The lowest BCUT2D eigenvalue weighted by molar-refractivity contribution is 0.0792. The average molecular weight is 327 g/mol. The van der Waals surface area contributed by atoms with Crippen LogP contribution in [-0.4, -0.2) is 43.5 Å². The van der Waals surface area contributed by atoms with Crippen LogP contribution in [0.25, 0.3) is 11.0 Å². The molecule has 0 saturated heterocycles. The molecule has 0 bridgehead atoms. The fourth-order valence-electron chi connectivity index (χ4n) is 2.84. The molecule has 0 unspecified atom stereocenters. The van der Waals surface area contributed by atoms with Gasteiger partial charge in [0.15, 0.2) is 0 Å². The minimum atomic E-state index is -0.147. The predicted octanol–water partition coefficient (Wildman–Crippen LogP) is 1.71. The Balaban J connectivity index is 1.69. The van der Waals surface area contributed by atoms with Crippen molar-refractivity contribution in [2.24, 2.45) is 0 Å². The summed E-state index contributed by atoms with van der Waals surface area (Å²) in [5.74, 6) is -0.0485. The lowest BCUT2D eigenvalue weighted by Crippen LogP contribution is -2.28. The zero-order valence-corrected chi connectivity index (χ0v) is 13.9. The van der Waals surface area contributed by atoms with Crippen molar-refractivity contribution in [1.82, 2.24) is 24.0 Å². The van der Waals surface area contributed by atoms with Gasteiger partial charge in [0.1, 0.15) is 0 Å². The summed E-state index contributed by atoms with van der Waals surface area (Å²) >= 11 is 0. The monoisotopic (exact) mass is 327 g/mol. The van der Waals surface area contributed by atoms with Gasteiger partial charge in [-0.1, -0.05) is 0 Å². The van der Waals surface area contributed by atoms with Crippen LogP contribution >= 0.6 is 0 Å². The number of amides is 1. The highest BCUT2D eigenvalue weighted by atomic mass is 16.2. The molecule has 2 aromatic heterocycles. The van der Waals surface area contributed by atoms with Crippen LogP contribution in [0.5, 0.6) is 0 Å². The standard InChI is InChI=1S/C17H21N5O2/c1-3-22-15-6-5-13(11-14(15)19-17(22)24)16(23)20(2)8-4-9-21-10-7-18-12-21/h5-7,10-12H,3-4,8-9H2,1-2H3,(H,19,24). The molecule has 24 heavy (non-hydrogen) atoms. The summed E-state index contributed by atoms with van der Waals surface area (Å²) < 4.78 is 3.64. The molecule has 3 aromatic rings. The van der Waals surface area contributed by atoms with E-state index in [4.69, 9.17) is 0 Å². The van der Waals surface area contributed by atoms with Crippen LogP contribution in [0, 0.1) is 0 Å². The van der Waals surface area contributed by atoms with Gasteiger partial charge < -0.3 is 14.5 Å². The number of hydrogen-bond donors (Lipinski definition) is 1. The number of rotatable bonds is 6. The average Bonchev–Trinajstić information content (AvgIpc) is 3.19. The van der Waals surface area contributed by atoms with Crippen molar-refractivity contribution < 1.29 is 4.79 Å². The van der Waals surface area contributed by atoms with Crippen molar-refractivity contribution in [3.63, 3.8) is 0 Å². The van der Waals surface area contributed by atoms with Gasteiger partial charge in [0.25, 0.3) is 5.91 Å². The quantitative estimate of drug-likeness (QED) is 0.749. The van der Waals surface area contributed by atoms with E-state index in [-0.39, 0.29) is 11.6 Å². The third-order valence-electron chi connectivity index (χ3n) is 4.15. The van der Waals surface area contributed by atoms with Crippen molar-refractivity contribution in [2.45, 2.75) is 26.4 Å². The smallest absolute Gasteiger partial charge is 0.326 e. The number of nitrogens with zero attached hydrogens (tertiary/aromatic N) is 4. The topological polar surface area (TPSA) is 75.9 Å². The van der Waals surface area contributed by atoms with Crippen LogP contribution in [0.15, 0.2) is 41.7 Å². The SMILES string of the molecule is CCn1c(=O)[nH]c2cc(C(=O)N(C)CCCn3ccnc3)ccc21. The Kier molecular flexibility index (Phi) is 4.50. The Bertz CT molecular complexity index is 891. The second-order valence-corrected chi connectivity index (χ2v) is 5.79. The number of aromatic nitrogens is 4. The van der Waals surface area contributed by atoms with Crippen molar-refractivity contribution >= 4 is 16.9 Å². The molecule has 0 aliphatic heterocycles. The molecule has 1 amide bonds. The summed E-state index contributed by atoms with van der Waals surface area (Å²) in [6.07, 6.45) is 6.27. The highest BCUT2D eigenvalue weighted by Gasteiger charge is 2.14. The van der Waals surface area contributed by atoms with E-state index in [0.29, 0.717) is 24.2 Å². The molecule has 0 atom stereocenters. The molecule has 7 heteroatoms. The maximum Gasteiger partial charge on any atom is 0.326 e. The summed E-state index contributed by atoms with van der Waals surface area (Å²) in [6.45, 7) is 3.99. The van der Waals surface area contributed by atoms with E-state index in [9.17, 15) is 9.59 Å². The molecule has 2 heterocycles. The van der Waals surface area contributed by atoms with Gasteiger partial charge >= 0.3 is 5.69 Å². The Hall–Kier alpha value is -2.83. The zero-order valence-electron chi connectivity index (χ0n) is 13.9. The third kappa shape index (κ3) is 3.10. The molecule has 1 N–H and O–H groups in total. The van der Waals surface area contributed by atoms with Gasteiger partial charge in [-0.15, -0.1) is 0 Å². The molecule has 0 aliphatic rings.